The van der Waals surface area contributed by atoms with Gasteiger partial charge in [0.05, 0.1) is 18.9 Å². The van der Waals surface area contributed by atoms with Gasteiger partial charge in [0.15, 0.2) is 5.78 Å². The highest BCUT2D eigenvalue weighted by Crippen LogP contribution is 2.75. The van der Waals surface area contributed by atoms with Crippen molar-refractivity contribution in [2.75, 3.05) is 7.11 Å². The molecule has 5 aliphatic rings. The van der Waals surface area contributed by atoms with Gasteiger partial charge in [0.25, 0.3) is 0 Å². The smallest absolute Gasteiger partial charge is 0.312 e. The molecule has 0 saturated heterocycles. The summed E-state index contributed by atoms with van der Waals surface area (Å²) >= 11 is 0. The minimum Gasteiger partial charge on any atom is -0.469 e. The Labute approximate surface area is 241 Å². The maximum atomic E-state index is 13.9. The third-order valence-corrected chi connectivity index (χ3v) is 14.0. The number of carbonyl (C=O) groups excluding carboxylic acids is 2. The second-order valence-corrected chi connectivity index (χ2v) is 15.7. The van der Waals surface area contributed by atoms with E-state index in [1.165, 1.54) is 0 Å². The summed E-state index contributed by atoms with van der Waals surface area (Å²) in [6.07, 6.45) is 18.2. The average Bonchev–Trinajstić information content (AvgIpc) is 3.42. The first-order valence-corrected chi connectivity index (χ1v) is 15.8. The second kappa shape index (κ2) is 8.91. The summed E-state index contributed by atoms with van der Waals surface area (Å²) in [5.41, 5.74) is 1.89. The molecule has 9 atom stereocenters. The van der Waals surface area contributed by atoms with Crippen molar-refractivity contribution >= 4 is 18.0 Å². The number of nitrogens with zero attached hydrogens (tertiary/aromatic N) is 2. The molecule has 1 aromatic heterocycles. The van der Waals surface area contributed by atoms with Gasteiger partial charge in [-0.2, -0.15) is 0 Å². The molecule has 0 amide bonds. The van der Waals surface area contributed by atoms with Crippen molar-refractivity contribution in [3.63, 3.8) is 0 Å². The van der Waals surface area contributed by atoms with Gasteiger partial charge < -0.3 is 9.30 Å². The van der Waals surface area contributed by atoms with Gasteiger partial charge in [-0.25, -0.2) is 4.98 Å². The number of methoxy groups -OCH3 is 1. The first-order valence-electron chi connectivity index (χ1n) is 15.8. The first-order chi connectivity index (χ1) is 18.8. The molecule has 5 aliphatic carbocycles. The number of hydrogen-bond acceptors (Lipinski definition) is 4. The predicted octanol–water partition coefficient (Wildman–Crippen LogP) is 7.73. The van der Waals surface area contributed by atoms with Crippen LogP contribution in [0.15, 0.2) is 35.9 Å². The molecule has 1 heterocycles. The molecule has 0 unspecified atom stereocenters. The van der Waals surface area contributed by atoms with Gasteiger partial charge in [-0.1, -0.05) is 60.1 Å². The fourth-order valence-electron chi connectivity index (χ4n) is 11.5. The molecule has 218 valence electrons. The summed E-state index contributed by atoms with van der Waals surface area (Å²) in [5.74, 6) is 2.47. The van der Waals surface area contributed by atoms with Crippen LogP contribution in [0.3, 0.4) is 0 Å². The lowest BCUT2D eigenvalue weighted by Gasteiger charge is -2.70. The molecular formula is C35H50N2O3. The zero-order valence-electron chi connectivity index (χ0n) is 26.0. The number of Topliss-reactive ketones (excluding diaryl/α,β-unsaturated/α-hetero) is 1. The lowest BCUT2D eigenvalue weighted by molar-refractivity contribution is -0.187. The number of rotatable bonds is 2. The number of esters is 1. The molecule has 4 fully saturated rings. The zero-order valence-corrected chi connectivity index (χ0v) is 26.0. The number of aromatic nitrogens is 2. The van der Waals surface area contributed by atoms with Crippen molar-refractivity contribution in [2.45, 2.75) is 99.8 Å². The molecule has 40 heavy (non-hydrogen) atoms. The predicted molar refractivity (Wildman–Crippen MR) is 158 cm³/mol. The number of hydrogen-bond donors (Lipinski definition) is 0. The molecule has 5 nitrogen and oxygen atoms in total. The Kier molecular flexibility index (Phi) is 6.23. The quantitative estimate of drug-likeness (QED) is 0.216. The molecule has 0 radical (unpaired) electrons. The highest BCUT2D eigenvalue weighted by atomic mass is 16.5. The summed E-state index contributed by atoms with van der Waals surface area (Å²) in [6.45, 7) is 16.8. The monoisotopic (exact) mass is 546 g/mol. The van der Waals surface area contributed by atoms with Crippen LogP contribution in [0.1, 0.15) is 99.8 Å². The summed E-state index contributed by atoms with van der Waals surface area (Å²) in [4.78, 5) is 31.6. The lowest BCUT2D eigenvalue weighted by atomic mass is 9.33. The lowest BCUT2D eigenvalue weighted by Crippen LogP contribution is -2.65. The first kappa shape index (κ1) is 28.0. The normalized spacial score (nSPS) is 46.9. The van der Waals surface area contributed by atoms with E-state index in [4.69, 9.17) is 4.74 Å². The zero-order chi connectivity index (χ0) is 28.9. The number of fused-ring (bicyclic) bond motifs is 7. The van der Waals surface area contributed by atoms with Crippen LogP contribution in [0, 0.1) is 56.7 Å². The van der Waals surface area contributed by atoms with Crippen LogP contribution in [0.4, 0.5) is 0 Å². The van der Waals surface area contributed by atoms with Crippen molar-refractivity contribution in [1.82, 2.24) is 9.55 Å². The minimum absolute atomic E-state index is 0.0176. The topological polar surface area (TPSA) is 61.2 Å². The maximum Gasteiger partial charge on any atom is 0.312 e. The fraction of sp³-hybridized carbons (Fsp3) is 0.743. The van der Waals surface area contributed by atoms with E-state index in [2.05, 4.69) is 59.5 Å². The van der Waals surface area contributed by atoms with E-state index >= 15 is 0 Å². The SMILES string of the molecule is COC(=O)[C@]12CC[C@@H](C)[C@H](C)[C@H]1C1=CC[C@@H]3[C@@]4(C)C/C(=C/n5ccnc5)C(=O)C(C)(C)[C@@H]4CC[C@@]3(C)[C@]1(C)CC2. The summed E-state index contributed by atoms with van der Waals surface area (Å²) in [5, 5.41) is 0. The van der Waals surface area contributed by atoms with E-state index in [-0.39, 0.29) is 33.5 Å². The number of ketones is 1. The molecule has 1 aromatic rings. The number of allylic oxidation sites excluding steroid dienone is 3. The molecule has 0 aliphatic heterocycles. The number of carbonyl (C=O) groups is 2. The molecular weight excluding hydrogens is 496 g/mol. The van der Waals surface area contributed by atoms with Gasteiger partial charge in [-0.05, 0) is 97.2 Å². The number of ether oxygens (including phenoxy) is 1. The Hall–Kier alpha value is -2.17. The van der Waals surface area contributed by atoms with E-state index in [1.807, 2.05) is 17.0 Å². The van der Waals surface area contributed by atoms with Crippen LogP contribution in [0.2, 0.25) is 0 Å². The van der Waals surface area contributed by atoms with Gasteiger partial charge in [-0.3, -0.25) is 9.59 Å². The number of imidazole rings is 1. The highest BCUT2D eigenvalue weighted by Gasteiger charge is 2.70. The van der Waals surface area contributed by atoms with E-state index in [0.717, 1.165) is 56.9 Å². The van der Waals surface area contributed by atoms with Gasteiger partial charge in [0.2, 0.25) is 0 Å². The standard InChI is InChI=1S/C35H50N2O3/c1-22-11-14-35(30(39)40-8)16-15-33(6)25(28(35)23(22)2)9-10-27-32(5)19-24(20-37-18-17-36-21-37)29(38)31(3,4)26(32)12-13-34(27,33)7/h9,17-18,20-23,26-28H,10-16,19H2,1-8H3/b24-20-/t22-,23+,26+,27-,28+,32+,33-,34-,35+/m1/s1. The van der Waals surface area contributed by atoms with Crippen molar-refractivity contribution < 1.29 is 14.3 Å². The van der Waals surface area contributed by atoms with Gasteiger partial charge in [-0.15, -0.1) is 0 Å². The van der Waals surface area contributed by atoms with Crippen molar-refractivity contribution in [3.05, 3.63) is 35.9 Å². The van der Waals surface area contributed by atoms with Crippen LogP contribution < -0.4 is 0 Å². The van der Waals surface area contributed by atoms with Gasteiger partial charge in [0.1, 0.15) is 0 Å². The Bertz CT molecular complexity index is 1280. The molecule has 6 rings (SSSR count). The molecule has 5 heteroatoms. The van der Waals surface area contributed by atoms with Crippen LogP contribution in [0.25, 0.3) is 6.20 Å². The van der Waals surface area contributed by atoms with Crippen molar-refractivity contribution in [3.8, 4) is 0 Å². The van der Waals surface area contributed by atoms with Crippen LogP contribution in [-0.2, 0) is 14.3 Å². The summed E-state index contributed by atoms with van der Waals surface area (Å²) < 4.78 is 7.48. The maximum absolute atomic E-state index is 13.9. The molecule has 0 aromatic carbocycles. The second-order valence-electron chi connectivity index (χ2n) is 15.7. The largest absolute Gasteiger partial charge is 0.469 e. The molecule has 0 N–H and O–H groups in total. The molecule has 4 saturated carbocycles. The van der Waals surface area contributed by atoms with Crippen LogP contribution in [-0.4, -0.2) is 28.4 Å². The highest BCUT2D eigenvalue weighted by molar-refractivity contribution is 6.03. The Morgan fingerprint density at radius 1 is 1.05 bits per heavy atom. The third-order valence-electron chi connectivity index (χ3n) is 14.0. The van der Waals surface area contributed by atoms with Crippen molar-refractivity contribution in [1.29, 1.82) is 0 Å². The Balaban J connectivity index is 1.46. The summed E-state index contributed by atoms with van der Waals surface area (Å²) in [7, 11) is 1.58. The third kappa shape index (κ3) is 3.41. The average molecular weight is 547 g/mol. The van der Waals surface area contributed by atoms with Crippen LogP contribution in [0.5, 0.6) is 0 Å². The van der Waals surface area contributed by atoms with E-state index in [9.17, 15) is 9.59 Å². The Morgan fingerprint density at radius 2 is 1.80 bits per heavy atom. The van der Waals surface area contributed by atoms with E-state index < -0.39 is 5.41 Å². The van der Waals surface area contributed by atoms with Gasteiger partial charge >= 0.3 is 5.97 Å². The van der Waals surface area contributed by atoms with Crippen LogP contribution >= 0.6 is 0 Å². The minimum atomic E-state index is -0.397. The fourth-order valence-corrected chi connectivity index (χ4v) is 11.5. The van der Waals surface area contributed by atoms with Crippen molar-refractivity contribution in [2.24, 2.45) is 56.7 Å². The molecule has 0 spiro atoms. The van der Waals surface area contributed by atoms with Gasteiger partial charge in [0, 0.05) is 29.6 Å². The Morgan fingerprint density at radius 3 is 2.48 bits per heavy atom. The summed E-state index contributed by atoms with van der Waals surface area (Å²) in [6, 6.07) is 0. The van der Waals surface area contributed by atoms with E-state index in [1.54, 1.807) is 25.2 Å². The van der Waals surface area contributed by atoms with E-state index in [0.29, 0.717) is 29.5 Å². The molecule has 0 bridgehead atoms.